The van der Waals surface area contributed by atoms with Gasteiger partial charge in [0.15, 0.2) is 11.4 Å². The molecule has 0 fully saturated rings. The van der Waals surface area contributed by atoms with Gasteiger partial charge in [0, 0.05) is 31.4 Å². The lowest BCUT2D eigenvalue weighted by Crippen LogP contribution is -2.18. The third kappa shape index (κ3) is 5.06. The molecule has 0 aliphatic heterocycles. The third-order valence-electron chi connectivity index (χ3n) is 3.40. The summed E-state index contributed by atoms with van der Waals surface area (Å²) in [6.45, 7) is 0.157. The summed E-state index contributed by atoms with van der Waals surface area (Å²) in [6, 6.07) is 5.72. The van der Waals surface area contributed by atoms with Crippen LogP contribution in [0.3, 0.4) is 0 Å². The molecule has 0 bridgehead atoms. The van der Waals surface area contributed by atoms with E-state index in [1.54, 1.807) is 0 Å². The zero-order chi connectivity index (χ0) is 19.1. The number of hydrogen-bond acceptors (Lipinski definition) is 5. The summed E-state index contributed by atoms with van der Waals surface area (Å²) < 4.78 is 24.1. The van der Waals surface area contributed by atoms with E-state index in [2.05, 4.69) is 15.3 Å². The third-order valence-corrected chi connectivity index (χ3v) is 3.61. The molecule has 0 aliphatic carbocycles. The fourth-order valence-corrected chi connectivity index (χ4v) is 2.26. The number of methoxy groups -OCH3 is 1. The first-order valence-electron chi connectivity index (χ1n) is 7.59. The highest BCUT2D eigenvalue weighted by Gasteiger charge is 2.15. The molecule has 26 heavy (non-hydrogen) atoms. The highest BCUT2D eigenvalue weighted by molar-refractivity contribution is 6.30. The Balaban J connectivity index is 2.12. The van der Waals surface area contributed by atoms with Gasteiger partial charge in [-0.1, -0.05) is 11.6 Å². The second-order valence-electron chi connectivity index (χ2n) is 5.13. The molecular weight excluding hydrogens is 363 g/mol. The number of halogens is 2. The Labute approximate surface area is 155 Å². The minimum absolute atomic E-state index is 0.0239. The Morgan fingerprint density at radius 2 is 2.19 bits per heavy atom. The van der Waals surface area contributed by atoms with Crippen LogP contribution in [0.5, 0.6) is 5.75 Å². The van der Waals surface area contributed by atoms with Gasteiger partial charge in [0.25, 0.3) is 11.9 Å². The van der Waals surface area contributed by atoms with Gasteiger partial charge in [0.05, 0.1) is 18.7 Å². The maximum Gasteiger partial charge on any atom is 0.281 e. The lowest BCUT2D eigenvalue weighted by atomic mass is 10.1. The molecule has 1 heterocycles. The number of benzene rings is 1. The molecule has 0 radical (unpaired) electrons. The fraction of sp³-hybridized carbons (Fsp3) is 0.235. The van der Waals surface area contributed by atoms with E-state index < -0.39 is 11.7 Å². The Morgan fingerprint density at radius 3 is 2.88 bits per heavy atom. The van der Waals surface area contributed by atoms with Gasteiger partial charge in [-0.25, -0.2) is 14.4 Å². The van der Waals surface area contributed by atoms with E-state index in [0.717, 1.165) is 0 Å². The molecule has 2 rings (SSSR count). The van der Waals surface area contributed by atoms with Gasteiger partial charge in [-0.3, -0.25) is 4.79 Å². The molecule has 9 heteroatoms. The topological polar surface area (TPSA) is 98.8 Å². The van der Waals surface area contributed by atoms with E-state index >= 15 is 0 Å². The van der Waals surface area contributed by atoms with Crippen LogP contribution in [0.15, 0.2) is 35.5 Å². The molecule has 138 valence electrons. The second kappa shape index (κ2) is 9.00. The van der Waals surface area contributed by atoms with Crippen molar-refractivity contribution in [3.8, 4) is 5.75 Å². The quantitative estimate of drug-likeness (QED) is 0.593. The summed E-state index contributed by atoms with van der Waals surface area (Å²) in [6.07, 6.45) is 1.60. The van der Waals surface area contributed by atoms with E-state index in [1.807, 2.05) is 0 Å². The largest absolute Gasteiger partial charge is 0.494 e. The van der Waals surface area contributed by atoms with Gasteiger partial charge in [-0.2, -0.15) is 0 Å². The van der Waals surface area contributed by atoms with E-state index in [9.17, 15) is 9.18 Å². The second-order valence-corrected chi connectivity index (χ2v) is 5.56. The molecule has 0 aliphatic rings. The lowest BCUT2D eigenvalue weighted by molar-refractivity contribution is 0.101. The average molecular weight is 381 g/mol. The molecule has 3 N–H and O–H groups in total. The van der Waals surface area contributed by atoms with Crippen LogP contribution in [-0.4, -0.2) is 37.7 Å². The minimum atomic E-state index is -0.505. The molecule has 7 nitrogen and oxygen atoms in total. The molecule has 0 saturated carbocycles. The molecule has 1 amide bonds. The molecule has 1 aromatic heterocycles. The Bertz CT molecular complexity index is 830. The van der Waals surface area contributed by atoms with Crippen molar-refractivity contribution in [2.45, 2.75) is 6.42 Å². The fourth-order valence-electron chi connectivity index (χ4n) is 2.11. The van der Waals surface area contributed by atoms with Crippen molar-refractivity contribution in [3.63, 3.8) is 0 Å². The lowest BCUT2D eigenvalue weighted by Gasteiger charge is -2.11. The number of carbonyl (C=O) groups is 1. The average Bonchev–Trinajstić information content (AvgIpc) is 2.63. The van der Waals surface area contributed by atoms with Gasteiger partial charge in [0.1, 0.15) is 5.82 Å². The van der Waals surface area contributed by atoms with Crippen LogP contribution >= 0.6 is 11.6 Å². The molecule has 0 unspecified atom stereocenters. The summed E-state index contributed by atoms with van der Waals surface area (Å²) in [5.74, 6) is -0.685. The van der Waals surface area contributed by atoms with E-state index in [-0.39, 0.29) is 30.5 Å². The number of ether oxygens (including phenoxy) is 2. The first-order chi connectivity index (χ1) is 12.4. The maximum atomic E-state index is 13.9. The normalized spacial score (nSPS) is 11.2. The van der Waals surface area contributed by atoms with E-state index in [1.165, 1.54) is 44.6 Å². The summed E-state index contributed by atoms with van der Waals surface area (Å²) in [7, 11) is 2.90. The number of hydrogen-bond donors (Lipinski definition) is 2. The maximum absolute atomic E-state index is 13.9. The summed E-state index contributed by atoms with van der Waals surface area (Å²) in [5.41, 5.74) is 6.26. The van der Waals surface area contributed by atoms with Crippen LogP contribution in [0, 0.1) is 5.82 Å². The minimum Gasteiger partial charge on any atom is -0.494 e. The molecular formula is C17H18ClFN4O3. The zero-order valence-corrected chi connectivity index (χ0v) is 15.0. The predicted octanol–water partition coefficient (Wildman–Crippen LogP) is 2.64. The summed E-state index contributed by atoms with van der Waals surface area (Å²) >= 11 is 5.83. The van der Waals surface area contributed by atoms with Crippen molar-refractivity contribution in [3.05, 3.63) is 52.6 Å². The number of amides is 1. The Kier molecular flexibility index (Phi) is 6.74. The number of nitrogens with two attached hydrogens (primary N) is 1. The number of carbonyl (C=O) groups excluding carboxylic acids is 1. The summed E-state index contributed by atoms with van der Waals surface area (Å²) in [4.78, 5) is 20.0. The zero-order valence-electron chi connectivity index (χ0n) is 14.3. The smallest absolute Gasteiger partial charge is 0.281 e. The first kappa shape index (κ1) is 19.5. The van der Waals surface area contributed by atoms with Crippen molar-refractivity contribution >= 4 is 29.2 Å². The van der Waals surface area contributed by atoms with E-state index in [0.29, 0.717) is 16.3 Å². The Hall–Kier alpha value is -2.87. The van der Waals surface area contributed by atoms with Gasteiger partial charge >= 0.3 is 0 Å². The van der Waals surface area contributed by atoms with Crippen molar-refractivity contribution < 1.29 is 18.7 Å². The van der Waals surface area contributed by atoms with Crippen LogP contribution < -0.4 is 15.8 Å². The van der Waals surface area contributed by atoms with Gasteiger partial charge in [0.2, 0.25) is 0 Å². The van der Waals surface area contributed by atoms with Crippen molar-refractivity contribution in [1.82, 2.24) is 4.98 Å². The number of pyridine rings is 1. The number of anilines is 1. The van der Waals surface area contributed by atoms with Gasteiger partial charge in [-0.05, 0) is 23.8 Å². The molecule has 0 saturated heterocycles. The van der Waals surface area contributed by atoms with Crippen molar-refractivity contribution in [2.75, 3.05) is 26.1 Å². The van der Waals surface area contributed by atoms with Crippen LogP contribution in [0.25, 0.3) is 0 Å². The van der Waals surface area contributed by atoms with Crippen molar-refractivity contribution in [1.29, 1.82) is 0 Å². The number of rotatable bonds is 6. The van der Waals surface area contributed by atoms with Gasteiger partial charge in [-0.15, -0.1) is 0 Å². The standard InChI is InChI=1S/C17H18ClFN4O3/c1-21-17(20)26-6-5-10-7-12(3-4-13(10)19)23-16(24)15-14(25-2)8-11(18)9-22-15/h3-4,7-9H,5-6H2,1-2H3,(H2,20,21)(H,23,24). The van der Waals surface area contributed by atoms with Crippen LogP contribution in [-0.2, 0) is 11.2 Å². The van der Waals surface area contributed by atoms with E-state index in [4.69, 9.17) is 26.8 Å². The predicted molar refractivity (Wildman–Crippen MR) is 97.4 cm³/mol. The van der Waals surface area contributed by atoms with Crippen LogP contribution in [0.1, 0.15) is 16.1 Å². The molecule has 0 spiro atoms. The number of nitrogens with one attached hydrogen (secondary N) is 1. The number of aromatic nitrogens is 1. The van der Waals surface area contributed by atoms with Crippen molar-refractivity contribution in [2.24, 2.45) is 10.7 Å². The van der Waals surface area contributed by atoms with Gasteiger partial charge < -0.3 is 20.5 Å². The SMILES string of the molecule is CN=C(N)OCCc1cc(NC(=O)c2ncc(Cl)cc2OC)ccc1F. The number of nitrogens with zero attached hydrogens (tertiary/aromatic N) is 2. The highest BCUT2D eigenvalue weighted by Crippen LogP contribution is 2.22. The molecule has 0 atom stereocenters. The first-order valence-corrected chi connectivity index (χ1v) is 7.96. The number of aliphatic imine (C=N–C) groups is 1. The highest BCUT2D eigenvalue weighted by atomic mass is 35.5. The Morgan fingerprint density at radius 1 is 1.42 bits per heavy atom. The summed E-state index contributed by atoms with van der Waals surface area (Å²) in [5, 5.41) is 2.99. The van der Waals surface area contributed by atoms with Crippen LogP contribution in [0.2, 0.25) is 5.02 Å². The molecule has 2 aromatic rings. The number of amidine groups is 1. The van der Waals surface area contributed by atoms with Crippen LogP contribution in [0.4, 0.5) is 10.1 Å². The monoisotopic (exact) mass is 380 g/mol. The molecule has 1 aromatic carbocycles.